The number of nitrogens with two attached hydrogens (primary N) is 1. The fourth-order valence-corrected chi connectivity index (χ4v) is 1.97. The van der Waals surface area contributed by atoms with Crippen molar-refractivity contribution in [3.63, 3.8) is 0 Å². The summed E-state index contributed by atoms with van der Waals surface area (Å²) in [5, 5.41) is 3.30. The van der Waals surface area contributed by atoms with Crippen LogP contribution in [0.3, 0.4) is 0 Å². The van der Waals surface area contributed by atoms with Gasteiger partial charge in [0.1, 0.15) is 5.82 Å². The molecule has 2 rings (SSSR count). The number of anilines is 1. The Hall–Kier alpha value is -2.36. The number of aromatic nitrogens is 1. The molecule has 1 atom stereocenters. The number of nitrogens with zero attached hydrogens (tertiary/aromatic N) is 1. The molecule has 0 bridgehead atoms. The molecular formula is C16H19N3O. The van der Waals surface area contributed by atoms with Gasteiger partial charge in [-0.3, -0.25) is 4.79 Å². The van der Waals surface area contributed by atoms with Gasteiger partial charge in [-0.05, 0) is 36.6 Å². The van der Waals surface area contributed by atoms with Crippen LogP contribution in [0.2, 0.25) is 0 Å². The van der Waals surface area contributed by atoms with Crippen molar-refractivity contribution < 1.29 is 4.79 Å². The fourth-order valence-electron chi connectivity index (χ4n) is 1.97. The lowest BCUT2D eigenvalue weighted by Gasteiger charge is -2.15. The number of primary amides is 1. The molecule has 3 N–H and O–H groups in total. The average Bonchev–Trinajstić information content (AvgIpc) is 2.48. The minimum absolute atomic E-state index is 0.146. The number of benzene rings is 1. The van der Waals surface area contributed by atoms with Crippen molar-refractivity contribution in [3.05, 3.63) is 59.3 Å². The van der Waals surface area contributed by atoms with E-state index in [0.29, 0.717) is 5.56 Å². The van der Waals surface area contributed by atoms with Crippen LogP contribution >= 0.6 is 0 Å². The summed E-state index contributed by atoms with van der Waals surface area (Å²) in [7, 11) is 0. The third-order valence-corrected chi connectivity index (χ3v) is 3.30. The summed E-state index contributed by atoms with van der Waals surface area (Å²) in [6, 6.07) is 12.1. The Morgan fingerprint density at radius 1 is 1.25 bits per heavy atom. The van der Waals surface area contributed by atoms with Gasteiger partial charge in [0, 0.05) is 12.2 Å². The molecule has 0 fully saturated rings. The summed E-state index contributed by atoms with van der Waals surface area (Å²) in [5.41, 5.74) is 8.12. The van der Waals surface area contributed by atoms with Gasteiger partial charge in [-0.2, -0.15) is 0 Å². The Morgan fingerprint density at radius 2 is 1.95 bits per heavy atom. The average molecular weight is 269 g/mol. The number of nitrogens with one attached hydrogen (secondary N) is 1. The van der Waals surface area contributed by atoms with E-state index >= 15 is 0 Å². The first-order valence-electron chi connectivity index (χ1n) is 6.71. The highest BCUT2D eigenvalue weighted by Gasteiger charge is 2.07. The maximum Gasteiger partial charge on any atom is 0.250 e. The van der Waals surface area contributed by atoms with Gasteiger partial charge in [0.15, 0.2) is 0 Å². The van der Waals surface area contributed by atoms with Crippen molar-refractivity contribution in [2.24, 2.45) is 5.73 Å². The lowest BCUT2D eigenvalue weighted by atomic mass is 10.1. The topological polar surface area (TPSA) is 68.0 Å². The van der Waals surface area contributed by atoms with Crippen molar-refractivity contribution in [2.45, 2.75) is 26.3 Å². The van der Waals surface area contributed by atoms with Gasteiger partial charge in [-0.25, -0.2) is 4.98 Å². The fraction of sp³-hybridized carbons (Fsp3) is 0.250. The smallest absolute Gasteiger partial charge is 0.250 e. The second-order valence-corrected chi connectivity index (χ2v) is 4.76. The van der Waals surface area contributed by atoms with Crippen LogP contribution in [0, 0.1) is 0 Å². The standard InChI is InChI=1S/C16H19N3O/c1-3-12-4-6-13(7-5-12)11(2)19-15-9-8-14(10-18-15)16(17)20/h4-11H,3H2,1-2H3,(H2,17,20)(H,18,19). The van der Waals surface area contributed by atoms with Crippen molar-refractivity contribution in [1.82, 2.24) is 4.98 Å². The van der Waals surface area contributed by atoms with Crippen molar-refractivity contribution >= 4 is 11.7 Å². The first-order chi connectivity index (χ1) is 9.60. The summed E-state index contributed by atoms with van der Waals surface area (Å²) < 4.78 is 0. The number of rotatable bonds is 5. The molecule has 1 heterocycles. The summed E-state index contributed by atoms with van der Waals surface area (Å²) in [6.07, 6.45) is 2.52. The third kappa shape index (κ3) is 3.35. The molecular weight excluding hydrogens is 250 g/mol. The molecule has 0 aliphatic rings. The van der Waals surface area contributed by atoms with Gasteiger partial charge in [0.2, 0.25) is 5.91 Å². The molecule has 0 aliphatic carbocycles. The van der Waals surface area contributed by atoms with Crippen molar-refractivity contribution in [1.29, 1.82) is 0 Å². The van der Waals surface area contributed by atoms with Gasteiger partial charge in [0.25, 0.3) is 0 Å². The number of hydrogen-bond acceptors (Lipinski definition) is 3. The SMILES string of the molecule is CCc1ccc(C(C)Nc2ccc(C(N)=O)cn2)cc1. The second kappa shape index (κ2) is 6.19. The Balaban J connectivity index is 2.06. The van der Waals surface area contributed by atoms with E-state index in [9.17, 15) is 4.79 Å². The van der Waals surface area contributed by atoms with Crippen molar-refractivity contribution in [2.75, 3.05) is 5.32 Å². The minimum Gasteiger partial charge on any atom is -0.366 e. The normalized spacial score (nSPS) is 11.9. The first-order valence-corrected chi connectivity index (χ1v) is 6.71. The largest absolute Gasteiger partial charge is 0.366 e. The molecule has 20 heavy (non-hydrogen) atoms. The van der Waals surface area contributed by atoms with E-state index in [-0.39, 0.29) is 6.04 Å². The Kier molecular flexibility index (Phi) is 4.35. The molecule has 0 saturated heterocycles. The first kappa shape index (κ1) is 14.1. The second-order valence-electron chi connectivity index (χ2n) is 4.76. The van der Waals surface area contributed by atoms with Crippen LogP contribution in [0.4, 0.5) is 5.82 Å². The highest BCUT2D eigenvalue weighted by Crippen LogP contribution is 2.18. The number of hydrogen-bond donors (Lipinski definition) is 2. The zero-order valence-corrected chi connectivity index (χ0v) is 11.8. The summed E-state index contributed by atoms with van der Waals surface area (Å²) in [4.78, 5) is 15.2. The van der Waals surface area contributed by atoms with Gasteiger partial charge in [-0.15, -0.1) is 0 Å². The maximum atomic E-state index is 11.0. The van der Waals surface area contributed by atoms with Gasteiger partial charge < -0.3 is 11.1 Å². The maximum absolute atomic E-state index is 11.0. The third-order valence-electron chi connectivity index (χ3n) is 3.30. The Bertz CT molecular complexity index is 576. The van der Waals surface area contributed by atoms with Crippen LogP contribution in [0.5, 0.6) is 0 Å². The number of carbonyl (C=O) groups is 1. The van der Waals surface area contributed by atoms with E-state index in [1.807, 2.05) is 0 Å². The van der Waals surface area contributed by atoms with Crippen LogP contribution in [-0.4, -0.2) is 10.9 Å². The number of aryl methyl sites for hydroxylation is 1. The Labute approximate surface area is 119 Å². The molecule has 0 saturated carbocycles. The van der Waals surface area contributed by atoms with Crippen LogP contribution in [0.1, 0.15) is 41.4 Å². The van der Waals surface area contributed by atoms with E-state index < -0.39 is 5.91 Å². The van der Waals surface area contributed by atoms with Crippen LogP contribution in [-0.2, 0) is 6.42 Å². The predicted octanol–water partition coefficient (Wildman–Crippen LogP) is 2.92. The summed E-state index contributed by atoms with van der Waals surface area (Å²) >= 11 is 0. The molecule has 0 aliphatic heterocycles. The molecule has 2 aromatic rings. The van der Waals surface area contributed by atoms with E-state index in [1.165, 1.54) is 17.3 Å². The molecule has 4 heteroatoms. The molecule has 104 valence electrons. The lowest BCUT2D eigenvalue weighted by molar-refractivity contribution is 0.1000. The Morgan fingerprint density at radius 3 is 2.45 bits per heavy atom. The monoisotopic (exact) mass is 269 g/mol. The molecule has 0 spiro atoms. The molecule has 1 unspecified atom stereocenters. The molecule has 1 aromatic heterocycles. The van der Waals surface area contributed by atoms with Gasteiger partial charge >= 0.3 is 0 Å². The molecule has 1 amide bonds. The zero-order chi connectivity index (χ0) is 14.5. The van der Waals surface area contributed by atoms with Gasteiger partial charge in [-0.1, -0.05) is 31.2 Å². The highest BCUT2D eigenvalue weighted by molar-refractivity contribution is 5.92. The highest BCUT2D eigenvalue weighted by atomic mass is 16.1. The molecule has 1 aromatic carbocycles. The predicted molar refractivity (Wildman–Crippen MR) is 80.6 cm³/mol. The van der Waals surface area contributed by atoms with Crippen molar-refractivity contribution in [3.8, 4) is 0 Å². The molecule has 4 nitrogen and oxygen atoms in total. The summed E-state index contributed by atoms with van der Waals surface area (Å²) in [5.74, 6) is 0.259. The van der Waals surface area contributed by atoms with E-state index in [0.717, 1.165) is 12.2 Å². The van der Waals surface area contributed by atoms with Gasteiger partial charge in [0.05, 0.1) is 5.56 Å². The van der Waals surface area contributed by atoms with Crippen LogP contribution < -0.4 is 11.1 Å². The molecule has 0 radical (unpaired) electrons. The lowest BCUT2D eigenvalue weighted by Crippen LogP contribution is -2.12. The van der Waals surface area contributed by atoms with E-state index in [1.54, 1.807) is 12.1 Å². The van der Waals surface area contributed by atoms with E-state index in [4.69, 9.17) is 5.73 Å². The summed E-state index contributed by atoms with van der Waals surface area (Å²) in [6.45, 7) is 4.21. The van der Waals surface area contributed by atoms with Crippen LogP contribution in [0.15, 0.2) is 42.6 Å². The zero-order valence-electron chi connectivity index (χ0n) is 11.8. The van der Waals surface area contributed by atoms with Crippen LogP contribution in [0.25, 0.3) is 0 Å². The number of carbonyl (C=O) groups excluding carboxylic acids is 1. The quantitative estimate of drug-likeness (QED) is 0.877. The number of pyridine rings is 1. The van der Waals surface area contributed by atoms with E-state index in [2.05, 4.69) is 48.4 Å². The number of amides is 1. The minimum atomic E-state index is -0.466.